The second kappa shape index (κ2) is 8.18. The molecule has 4 N–H and O–H groups in total. The van der Waals surface area contributed by atoms with Gasteiger partial charge in [0.05, 0.1) is 7.11 Å². The van der Waals surface area contributed by atoms with Gasteiger partial charge in [-0.3, -0.25) is 9.59 Å². The van der Waals surface area contributed by atoms with Gasteiger partial charge in [0.1, 0.15) is 11.3 Å². The number of amides is 1. The molecule has 1 aliphatic carbocycles. The predicted octanol–water partition coefficient (Wildman–Crippen LogP) is 2.08. The normalized spacial score (nSPS) is 19.1. The number of halogens is 1. The zero-order chi connectivity index (χ0) is 17.1. The SMILES string of the molecule is COc1ccc(-c2ccc(C(=O)N[C@@H]3CC[C@@H](N)C3)c(=O)[nH]2)cc1.Cl. The highest BCUT2D eigenvalue weighted by molar-refractivity contribution is 5.94. The predicted molar refractivity (Wildman–Crippen MR) is 99.4 cm³/mol. The van der Waals surface area contributed by atoms with Crippen molar-refractivity contribution in [3.63, 3.8) is 0 Å². The number of carbonyl (C=O) groups excluding carboxylic acids is 1. The van der Waals surface area contributed by atoms with Crippen LogP contribution in [0.3, 0.4) is 0 Å². The maximum absolute atomic E-state index is 12.3. The van der Waals surface area contributed by atoms with Crippen molar-refractivity contribution in [2.45, 2.75) is 31.3 Å². The second-order valence-corrected chi connectivity index (χ2v) is 6.09. The number of methoxy groups -OCH3 is 1. The average molecular weight is 364 g/mol. The fourth-order valence-electron chi connectivity index (χ4n) is 3.00. The summed E-state index contributed by atoms with van der Waals surface area (Å²) in [4.78, 5) is 27.3. The highest BCUT2D eigenvalue weighted by Gasteiger charge is 2.24. The number of hydrogen-bond donors (Lipinski definition) is 3. The number of ether oxygens (including phenoxy) is 1. The Balaban J connectivity index is 0.00000225. The summed E-state index contributed by atoms with van der Waals surface area (Å²) in [5, 5.41) is 2.89. The van der Waals surface area contributed by atoms with Crippen molar-refractivity contribution < 1.29 is 9.53 Å². The summed E-state index contributed by atoms with van der Waals surface area (Å²) in [5.41, 5.74) is 7.07. The molecule has 0 bridgehead atoms. The Bertz CT molecular complexity index is 789. The van der Waals surface area contributed by atoms with E-state index in [9.17, 15) is 9.59 Å². The fraction of sp³-hybridized carbons (Fsp3) is 0.333. The Hall–Kier alpha value is -2.31. The van der Waals surface area contributed by atoms with E-state index in [2.05, 4.69) is 10.3 Å². The van der Waals surface area contributed by atoms with Gasteiger partial charge in [0.2, 0.25) is 0 Å². The summed E-state index contributed by atoms with van der Waals surface area (Å²) in [5.74, 6) is 0.392. The van der Waals surface area contributed by atoms with Gasteiger partial charge in [-0.05, 0) is 61.2 Å². The molecular formula is C18H22ClN3O3. The summed E-state index contributed by atoms with van der Waals surface area (Å²) < 4.78 is 5.12. The molecule has 1 aliphatic rings. The first-order valence-corrected chi connectivity index (χ1v) is 8.01. The van der Waals surface area contributed by atoms with E-state index in [4.69, 9.17) is 10.5 Å². The first-order chi connectivity index (χ1) is 11.6. The molecule has 0 aliphatic heterocycles. The Morgan fingerprint density at radius 2 is 1.92 bits per heavy atom. The molecule has 0 radical (unpaired) electrons. The van der Waals surface area contributed by atoms with Gasteiger partial charge < -0.3 is 20.8 Å². The summed E-state index contributed by atoms with van der Waals surface area (Å²) in [6.45, 7) is 0. The quantitative estimate of drug-likeness (QED) is 0.774. The molecule has 2 atom stereocenters. The number of aromatic amines is 1. The van der Waals surface area contributed by atoms with Crippen molar-refractivity contribution in [3.8, 4) is 17.0 Å². The van der Waals surface area contributed by atoms with E-state index in [1.165, 1.54) is 0 Å². The lowest BCUT2D eigenvalue weighted by molar-refractivity contribution is 0.0936. The molecular weight excluding hydrogens is 342 g/mol. The zero-order valence-electron chi connectivity index (χ0n) is 14.0. The maximum atomic E-state index is 12.3. The molecule has 1 heterocycles. The molecule has 7 heteroatoms. The summed E-state index contributed by atoms with van der Waals surface area (Å²) in [7, 11) is 1.60. The van der Waals surface area contributed by atoms with E-state index in [0.717, 1.165) is 30.6 Å². The first-order valence-electron chi connectivity index (χ1n) is 8.01. The van der Waals surface area contributed by atoms with Crippen molar-refractivity contribution in [1.29, 1.82) is 0 Å². The van der Waals surface area contributed by atoms with Crippen LogP contribution in [0.4, 0.5) is 0 Å². The van der Waals surface area contributed by atoms with E-state index < -0.39 is 5.56 Å². The molecule has 0 saturated heterocycles. The summed E-state index contributed by atoms with van der Waals surface area (Å²) >= 11 is 0. The third-order valence-electron chi connectivity index (χ3n) is 4.36. The first kappa shape index (κ1) is 19.0. The van der Waals surface area contributed by atoms with Gasteiger partial charge in [0.15, 0.2) is 0 Å². The standard InChI is InChI=1S/C18H21N3O3.ClH/c1-24-14-6-2-11(3-7-14)16-9-8-15(18(23)21-16)17(22)20-13-5-4-12(19)10-13;/h2-3,6-9,12-13H,4-5,10,19H2,1H3,(H,20,22)(H,21,23);1H/t12-,13-;/m1./s1. The van der Waals surface area contributed by atoms with Crippen LogP contribution >= 0.6 is 12.4 Å². The van der Waals surface area contributed by atoms with Crippen LogP contribution in [0.1, 0.15) is 29.6 Å². The molecule has 3 rings (SSSR count). The lowest BCUT2D eigenvalue weighted by atomic mass is 10.1. The van der Waals surface area contributed by atoms with E-state index in [-0.39, 0.29) is 36.0 Å². The smallest absolute Gasteiger partial charge is 0.261 e. The van der Waals surface area contributed by atoms with Crippen LogP contribution in [0.25, 0.3) is 11.3 Å². The van der Waals surface area contributed by atoms with Crippen LogP contribution in [0, 0.1) is 0 Å². The second-order valence-electron chi connectivity index (χ2n) is 6.09. The lowest BCUT2D eigenvalue weighted by Crippen LogP contribution is -2.37. The molecule has 0 spiro atoms. The minimum Gasteiger partial charge on any atom is -0.497 e. The maximum Gasteiger partial charge on any atom is 0.261 e. The Morgan fingerprint density at radius 3 is 2.48 bits per heavy atom. The van der Waals surface area contributed by atoms with Crippen LogP contribution < -0.4 is 21.3 Å². The Labute approximate surface area is 152 Å². The largest absolute Gasteiger partial charge is 0.497 e. The van der Waals surface area contributed by atoms with Crippen LogP contribution in [-0.4, -0.2) is 30.1 Å². The third-order valence-corrected chi connectivity index (χ3v) is 4.36. The molecule has 1 aromatic heterocycles. The van der Waals surface area contributed by atoms with Gasteiger partial charge in [-0.25, -0.2) is 0 Å². The van der Waals surface area contributed by atoms with Gasteiger partial charge in [-0.2, -0.15) is 0 Å². The van der Waals surface area contributed by atoms with E-state index in [1.807, 2.05) is 24.3 Å². The molecule has 1 fully saturated rings. The number of rotatable bonds is 4. The van der Waals surface area contributed by atoms with Crippen molar-refractivity contribution in [3.05, 3.63) is 52.3 Å². The minimum absolute atomic E-state index is 0. The molecule has 25 heavy (non-hydrogen) atoms. The Morgan fingerprint density at radius 1 is 1.20 bits per heavy atom. The van der Waals surface area contributed by atoms with Crippen molar-refractivity contribution in [1.82, 2.24) is 10.3 Å². The molecule has 134 valence electrons. The molecule has 2 aromatic rings. The highest BCUT2D eigenvalue weighted by Crippen LogP contribution is 2.20. The number of hydrogen-bond acceptors (Lipinski definition) is 4. The lowest BCUT2D eigenvalue weighted by Gasteiger charge is -2.12. The van der Waals surface area contributed by atoms with Crippen molar-refractivity contribution in [2.75, 3.05) is 7.11 Å². The summed E-state index contributed by atoms with van der Waals surface area (Å²) in [6.07, 6.45) is 2.51. The molecule has 6 nitrogen and oxygen atoms in total. The fourth-order valence-corrected chi connectivity index (χ4v) is 3.00. The van der Waals surface area contributed by atoms with Crippen LogP contribution in [0.15, 0.2) is 41.2 Å². The van der Waals surface area contributed by atoms with Crippen LogP contribution in [0.5, 0.6) is 5.75 Å². The number of carbonyl (C=O) groups is 1. The third kappa shape index (κ3) is 4.41. The Kier molecular flexibility index (Phi) is 6.22. The van der Waals surface area contributed by atoms with Crippen molar-refractivity contribution in [2.24, 2.45) is 5.73 Å². The van der Waals surface area contributed by atoms with Gasteiger partial charge in [-0.15, -0.1) is 12.4 Å². The van der Waals surface area contributed by atoms with E-state index in [0.29, 0.717) is 5.69 Å². The molecule has 1 aromatic carbocycles. The average Bonchev–Trinajstić information content (AvgIpc) is 2.99. The van der Waals surface area contributed by atoms with Gasteiger partial charge >= 0.3 is 0 Å². The van der Waals surface area contributed by atoms with Crippen molar-refractivity contribution >= 4 is 18.3 Å². The van der Waals surface area contributed by atoms with Crippen LogP contribution in [0.2, 0.25) is 0 Å². The number of benzene rings is 1. The van der Waals surface area contributed by atoms with E-state index >= 15 is 0 Å². The number of nitrogens with two attached hydrogens (primary N) is 1. The van der Waals surface area contributed by atoms with E-state index in [1.54, 1.807) is 19.2 Å². The minimum atomic E-state index is -0.400. The summed E-state index contributed by atoms with van der Waals surface area (Å²) in [6, 6.07) is 10.8. The number of H-pyrrole nitrogens is 1. The highest BCUT2D eigenvalue weighted by atomic mass is 35.5. The van der Waals surface area contributed by atoms with Gasteiger partial charge in [0.25, 0.3) is 11.5 Å². The molecule has 1 amide bonds. The topological polar surface area (TPSA) is 97.2 Å². The molecule has 1 saturated carbocycles. The van der Waals surface area contributed by atoms with Gasteiger partial charge in [0, 0.05) is 17.8 Å². The monoisotopic (exact) mass is 363 g/mol. The van der Waals surface area contributed by atoms with Gasteiger partial charge in [-0.1, -0.05) is 0 Å². The number of nitrogens with one attached hydrogen (secondary N) is 2. The zero-order valence-corrected chi connectivity index (χ0v) is 14.8. The molecule has 0 unspecified atom stereocenters. The number of aromatic nitrogens is 1. The van der Waals surface area contributed by atoms with Crippen LogP contribution in [-0.2, 0) is 0 Å². The number of pyridine rings is 1.